The minimum absolute atomic E-state index is 0.129. The molecule has 0 aliphatic carbocycles. The SMILES string of the molecule is Cc1nc(NC(=O)COc2ccc(Cl)cc2Cl)sc1CC(=O)O. The van der Waals surface area contributed by atoms with Crippen LogP contribution in [0.5, 0.6) is 5.75 Å². The van der Waals surface area contributed by atoms with Crippen molar-refractivity contribution in [2.24, 2.45) is 0 Å². The van der Waals surface area contributed by atoms with Crippen LogP contribution in [0, 0.1) is 6.92 Å². The van der Waals surface area contributed by atoms with Crippen molar-refractivity contribution in [1.29, 1.82) is 0 Å². The lowest BCUT2D eigenvalue weighted by Crippen LogP contribution is -2.20. The van der Waals surface area contributed by atoms with E-state index in [0.717, 1.165) is 11.3 Å². The van der Waals surface area contributed by atoms with Crippen molar-refractivity contribution in [3.8, 4) is 5.75 Å². The number of carbonyl (C=O) groups is 2. The Bertz CT molecular complexity index is 748. The fourth-order valence-electron chi connectivity index (χ4n) is 1.67. The molecule has 1 aromatic heterocycles. The van der Waals surface area contributed by atoms with E-state index >= 15 is 0 Å². The number of benzene rings is 1. The Morgan fingerprint density at radius 3 is 2.78 bits per heavy atom. The summed E-state index contributed by atoms with van der Waals surface area (Å²) in [5, 5.41) is 12.4. The lowest BCUT2D eigenvalue weighted by atomic mass is 10.3. The number of halogens is 2. The molecule has 2 rings (SSSR count). The summed E-state index contributed by atoms with van der Waals surface area (Å²) in [6.45, 7) is 1.43. The molecule has 0 fully saturated rings. The lowest BCUT2D eigenvalue weighted by molar-refractivity contribution is -0.136. The molecule has 1 amide bonds. The number of rotatable bonds is 6. The fraction of sp³-hybridized carbons (Fsp3) is 0.214. The third-order valence-electron chi connectivity index (χ3n) is 2.70. The third-order valence-corrected chi connectivity index (χ3v) is 4.31. The molecule has 0 saturated heterocycles. The summed E-state index contributed by atoms with van der Waals surface area (Å²) >= 11 is 12.8. The number of nitrogens with one attached hydrogen (secondary N) is 1. The molecule has 2 aromatic rings. The fourth-order valence-corrected chi connectivity index (χ4v) is 3.11. The summed E-state index contributed by atoms with van der Waals surface area (Å²) in [7, 11) is 0. The van der Waals surface area contributed by atoms with Gasteiger partial charge < -0.3 is 9.84 Å². The molecule has 9 heteroatoms. The molecule has 0 saturated carbocycles. The van der Waals surface area contributed by atoms with Gasteiger partial charge in [0, 0.05) is 9.90 Å². The zero-order chi connectivity index (χ0) is 17.0. The van der Waals surface area contributed by atoms with E-state index in [9.17, 15) is 9.59 Å². The minimum Gasteiger partial charge on any atom is -0.482 e. The van der Waals surface area contributed by atoms with Gasteiger partial charge in [-0.1, -0.05) is 23.2 Å². The Kier molecular flexibility index (Phi) is 5.81. The number of aryl methyl sites for hydroxylation is 1. The van der Waals surface area contributed by atoms with Crippen molar-refractivity contribution in [1.82, 2.24) is 4.98 Å². The second-order valence-corrected chi connectivity index (χ2v) is 6.44. The number of anilines is 1. The van der Waals surface area contributed by atoms with Gasteiger partial charge in [0.2, 0.25) is 0 Å². The number of aromatic nitrogens is 1. The van der Waals surface area contributed by atoms with Gasteiger partial charge in [-0.3, -0.25) is 14.9 Å². The third kappa shape index (κ3) is 5.09. The molecule has 0 unspecified atom stereocenters. The van der Waals surface area contributed by atoms with E-state index in [2.05, 4.69) is 10.3 Å². The highest BCUT2D eigenvalue weighted by Gasteiger charge is 2.13. The first-order valence-electron chi connectivity index (χ1n) is 6.41. The number of amides is 1. The van der Waals surface area contributed by atoms with Crippen LogP contribution in [0.15, 0.2) is 18.2 Å². The number of hydrogen-bond donors (Lipinski definition) is 2. The van der Waals surface area contributed by atoms with Crippen LogP contribution < -0.4 is 10.1 Å². The maximum absolute atomic E-state index is 11.9. The van der Waals surface area contributed by atoms with Crippen molar-refractivity contribution < 1.29 is 19.4 Å². The smallest absolute Gasteiger partial charge is 0.308 e. The van der Waals surface area contributed by atoms with Crippen LogP contribution >= 0.6 is 34.5 Å². The summed E-state index contributed by atoms with van der Waals surface area (Å²) in [5.41, 5.74) is 0.578. The monoisotopic (exact) mass is 374 g/mol. The van der Waals surface area contributed by atoms with Crippen LogP contribution in [0.25, 0.3) is 0 Å². The van der Waals surface area contributed by atoms with Crippen LogP contribution in [-0.2, 0) is 16.0 Å². The average molecular weight is 375 g/mol. The Hall–Kier alpha value is -1.83. The summed E-state index contributed by atoms with van der Waals surface area (Å²) in [5.74, 6) is -1.03. The number of carboxylic acids is 1. The molecule has 0 spiro atoms. The van der Waals surface area contributed by atoms with Gasteiger partial charge in [0.05, 0.1) is 17.1 Å². The first-order chi connectivity index (χ1) is 10.8. The molecule has 23 heavy (non-hydrogen) atoms. The van der Waals surface area contributed by atoms with Crippen molar-refractivity contribution in [2.45, 2.75) is 13.3 Å². The Morgan fingerprint density at radius 2 is 2.13 bits per heavy atom. The van der Waals surface area contributed by atoms with E-state index in [1.807, 2.05) is 0 Å². The number of thiazole rings is 1. The summed E-state index contributed by atoms with van der Waals surface area (Å²) < 4.78 is 5.31. The largest absolute Gasteiger partial charge is 0.482 e. The number of carbonyl (C=O) groups excluding carboxylic acids is 1. The first-order valence-corrected chi connectivity index (χ1v) is 7.98. The van der Waals surface area contributed by atoms with Crippen LogP contribution in [0.1, 0.15) is 10.6 Å². The van der Waals surface area contributed by atoms with E-state index < -0.39 is 11.9 Å². The number of aliphatic carboxylic acids is 1. The van der Waals surface area contributed by atoms with Gasteiger partial charge in [0.15, 0.2) is 11.7 Å². The van der Waals surface area contributed by atoms with E-state index in [0.29, 0.717) is 31.5 Å². The van der Waals surface area contributed by atoms with Gasteiger partial charge in [0.1, 0.15) is 5.75 Å². The zero-order valence-corrected chi connectivity index (χ0v) is 14.3. The normalized spacial score (nSPS) is 10.4. The van der Waals surface area contributed by atoms with Gasteiger partial charge in [0.25, 0.3) is 5.91 Å². The minimum atomic E-state index is -0.949. The van der Waals surface area contributed by atoms with E-state index in [1.165, 1.54) is 6.07 Å². The molecule has 122 valence electrons. The van der Waals surface area contributed by atoms with Crippen LogP contribution in [0.4, 0.5) is 5.13 Å². The van der Waals surface area contributed by atoms with Gasteiger partial charge >= 0.3 is 5.97 Å². The first kappa shape index (κ1) is 17.5. The molecule has 0 radical (unpaired) electrons. The highest BCUT2D eigenvalue weighted by Crippen LogP contribution is 2.27. The molecule has 0 atom stereocenters. The summed E-state index contributed by atoms with van der Waals surface area (Å²) in [6.07, 6.45) is -0.129. The molecule has 6 nitrogen and oxygen atoms in total. The van der Waals surface area contributed by atoms with Crippen LogP contribution in [0.3, 0.4) is 0 Å². The second kappa shape index (κ2) is 7.63. The van der Waals surface area contributed by atoms with Crippen LogP contribution in [0.2, 0.25) is 10.0 Å². The maximum atomic E-state index is 11.9. The Labute approximate surface area is 146 Å². The van der Waals surface area contributed by atoms with E-state index in [-0.39, 0.29) is 13.0 Å². The predicted octanol–water partition coefficient (Wildman–Crippen LogP) is 3.40. The summed E-state index contributed by atoms with van der Waals surface area (Å²) in [4.78, 5) is 27.3. The number of ether oxygens (including phenoxy) is 1. The molecule has 1 aromatic carbocycles. The molecule has 2 N–H and O–H groups in total. The molecule has 0 aliphatic heterocycles. The van der Waals surface area contributed by atoms with Gasteiger partial charge in [-0.25, -0.2) is 4.98 Å². The van der Waals surface area contributed by atoms with Crippen molar-refractivity contribution in [3.63, 3.8) is 0 Å². The predicted molar refractivity (Wildman–Crippen MR) is 88.8 cm³/mol. The number of hydrogen-bond acceptors (Lipinski definition) is 5. The van der Waals surface area contributed by atoms with E-state index in [1.54, 1.807) is 19.1 Å². The van der Waals surface area contributed by atoms with Crippen molar-refractivity contribution >= 4 is 51.5 Å². The molecular formula is C14H12Cl2N2O4S. The summed E-state index contributed by atoms with van der Waals surface area (Å²) in [6, 6.07) is 4.68. The topological polar surface area (TPSA) is 88.5 Å². The standard InChI is InChI=1S/C14H12Cl2N2O4S/c1-7-11(5-13(20)21)23-14(17-7)18-12(19)6-22-10-3-2-8(15)4-9(10)16/h2-4H,5-6H2,1H3,(H,20,21)(H,17,18,19). The number of carboxylic acid groups (broad SMARTS) is 1. The highest BCUT2D eigenvalue weighted by molar-refractivity contribution is 7.16. The maximum Gasteiger partial charge on any atom is 0.308 e. The molecular weight excluding hydrogens is 363 g/mol. The average Bonchev–Trinajstić information content (AvgIpc) is 2.77. The molecule has 1 heterocycles. The Morgan fingerprint density at radius 1 is 1.39 bits per heavy atom. The quantitative estimate of drug-likeness (QED) is 0.808. The van der Waals surface area contributed by atoms with Crippen molar-refractivity contribution in [3.05, 3.63) is 38.8 Å². The Balaban J connectivity index is 1.93. The molecule has 0 aliphatic rings. The van der Waals surface area contributed by atoms with Gasteiger partial charge in [-0.2, -0.15) is 0 Å². The van der Waals surface area contributed by atoms with Crippen LogP contribution in [-0.4, -0.2) is 28.6 Å². The van der Waals surface area contributed by atoms with Crippen molar-refractivity contribution in [2.75, 3.05) is 11.9 Å². The van der Waals surface area contributed by atoms with Gasteiger partial charge in [-0.05, 0) is 25.1 Å². The van der Waals surface area contributed by atoms with E-state index in [4.69, 9.17) is 33.0 Å². The number of nitrogens with zero attached hydrogens (tertiary/aromatic N) is 1. The van der Waals surface area contributed by atoms with Gasteiger partial charge in [-0.15, -0.1) is 11.3 Å². The highest BCUT2D eigenvalue weighted by atomic mass is 35.5. The zero-order valence-electron chi connectivity index (χ0n) is 11.9. The second-order valence-electron chi connectivity index (χ2n) is 4.51. The molecule has 0 bridgehead atoms. The lowest BCUT2D eigenvalue weighted by Gasteiger charge is -2.07.